The van der Waals surface area contributed by atoms with Gasteiger partial charge >= 0.3 is 0 Å². The minimum absolute atomic E-state index is 0.225. The molecule has 5 heteroatoms. The number of hydrogen-bond donors (Lipinski definition) is 0. The lowest BCUT2D eigenvalue weighted by Crippen LogP contribution is -2.48. The van der Waals surface area contributed by atoms with Gasteiger partial charge in [-0.3, -0.25) is 4.79 Å². The first-order valence-electron chi connectivity index (χ1n) is 6.52. The fourth-order valence-corrected chi connectivity index (χ4v) is 2.50. The number of nitrogens with zero attached hydrogens (tertiary/aromatic N) is 2. The fraction of sp³-hybridized carbons (Fsp3) is 0.500. The van der Waals surface area contributed by atoms with Crippen molar-refractivity contribution in [2.24, 2.45) is 0 Å². The van der Waals surface area contributed by atoms with Gasteiger partial charge in [-0.25, -0.2) is 0 Å². The number of rotatable bonds is 3. The lowest BCUT2D eigenvalue weighted by Gasteiger charge is -2.36. The fourth-order valence-electron chi connectivity index (χ4n) is 2.33. The number of carbonyl (C=O) groups excluding carboxylic acids is 1. The van der Waals surface area contributed by atoms with E-state index in [1.165, 1.54) is 0 Å². The molecule has 0 bridgehead atoms. The van der Waals surface area contributed by atoms with Crippen LogP contribution in [0, 0.1) is 0 Å². The van der Waals surface area contributed by atoms with Crippen LogP contribution in [-0.4, -0.2) is 44.1 Å². The maximum atomic E-state index is 11.6. The highest BCUT2D eigenvalue weighted by molar-refractivity contribution is 6.30. The second-order valence-electron chi connectivity index (χ2n) is 4.54. The van der Waals surface area contributed by atoms with Gasteiger partial charge in [0.2, 0.25) is 5.91 Å². The van der Waals surface area contributed by atoms with Crippen molar-refractivity contribution in [1.82, 2.24) is 4.90 Å². The molecular weight excluding hydrogens is 264 g/mol. The molecule has 4 nitrogen and oxygen atoms in total. The molecule has 1 heterocycles. The van der Waals surface area contributed by atoms with Gasteiger partial charge in [0.1, 0.15) is 5.75 Å². The first-order valence-corrected chi connectivity index (χ1v) is 6.89. The molecule has 1 saturated heterocycles. The van der Waals surface area contributed by atoms with Crippen LogP contribution in [0.25, 0.3) is 0 Å². The van der Waals surface area contributed by atoms with Crippen LogP contribution in [0.3, 0.4) is 0 Å². The largest absolute Gasteiger partial charge is 0.495 e. The van der Waals surface area contributed by atoms with Gasteiger partial charge in [-0.2, -0.15) is 0 Å². The average Bonchev–Trinajstić information content (AvgIpc) is 2.46. The Kier molecular flexibility index (Phi) is 4.53. The van der Waals surface area contributed by atoms with Gasteiger partial charge in [0, 0.05) is 43.7 Å². The molecule has 0 atom stereocenters. The Labute approximate surface area is 118 Å². The van der Waals surface area contributed by atoms with Crippen molar-refractivity contribution in [3.63, 3.8) is 0 Å². The van der Waals surface area contributed by atoms with Crippen LogP contribution in [0.15, 0.2) is 18.2 Å². The number of benzene rings is 1. The summed E-state index contributed by atoms with van der Waals surface area (Å²) in [7, 11) is 1.64. The van der Waals surface area contributed by atoms with E-state index in [0.29, 0.717) is 11.4 Å². The van der Waals surface area contributed by atoms with Crippen LogP contribution in [0.5, 0.6) is 5.75 Å². The Balaban J connectivity index is 2.07. The molecule has 0 aromatic heterocycles. The minimum Gasteiger partial charge on any atom is -0.495 e. The summed E-state index contributed by atoms with van der Waals surface area (Å²) in [5, 5.41) is 0.667. The van der Waals surface area contributed by atoms with E-state index in [-0.39, 0.29) is 5.91 Å². The highest BCUT2D eigenvalue weighted by atomic mass is 35.5. The molecule has 104 valence electrons. The van der Waals surface area contributed by atoms with Gasteiger partial charge in [-0.1, -0.05) is 18.5 Å². The molecule has 0 unspecified atom stereocenters. The van der Waals surface area contributed by atoms with Crippen LogP contribution in [0.2, 0.25) is 5.02 Å². The average molecular weight is 283 g/mol. The number of piperazine rings is 1. The second-order valence-corrected chi connectivity index (χ2v) is 4.97. The highest BCUT2D eigenvalue weighted by Gasteiger charge is 2.21. The van der Waals surface area contributed by atoms with E-state index in [9.17, 15) is 4.79 Å². The molecule has 1 aromatic carbocycles. The van der Waals surface area contributed by atoms with Gasteiger partial charge in [0.15, 0.2) is 0 Å². The monoisotopic (exact) mass is 282 g/mol. The molecule has 0 N–H and O–H groups in total. The van der Waals surface area contributed by atoms with Gasteiger partial charge in [-0.15, -0.1) is 0 Å². The van der Waals surface area contributed by atoms with Gasteiger partial charge in [-0.05, 0) is 12.1 Å². The minimum atomic E-state index is 0.225. The molecule has 0 spiro atoms. The van der Waals surface area contributed by atoms with E-state index in [1.807, 2.05) is 30.0 Å². The van der Waals surface area contributed by atoms with Crippen LogP contribution in [0.4, 0.5) is 5.69 Å². The maximum Gasteiger partial charge on any atom is 0.222 e. The van der Waals surface area contributed by atoms with E-state index in [4.69, 9.17) is 16.3 Å². The summed E-state index contributed by atoms with van der Waals surface area (Å²) in [5.41, 5.74) is 1.04. The summed E-state index contributed by atoms with van der Waals surface area (Å²) in [6.07, 6.45) is 0.574. The van der Waals surface area contributed by atoms with Crippen LogP contribution in [-0.2, 0) is 4.79 Å². The van der Waals surface area contributed by atoms with Crippen LogP contribution >= 0.6 is 11.6 Å². The van der Waals surface area contributed by atoms with Gasteiger partial charge in [0.25, 0.3) is 0 Å². The lowest BCUT2D eigenvalue weighted by molar-refractivity contribution is -0.131. The maximum absolute atomic E-state index is 11.6. The molecule has 1 aliphatic heterocycles. The van der Waals surface area contributed by atoms with Gasteiger partial charge in [0.05, 0.1) is 12.8 Å². The molecule has 1 fully saturated rings. The van der Waals surface area contributed by atoms with Crippen molar-refractivity contribution in [2.45, 2.75) is 13.3 Å². The van der Waals surface area contributed by atoms with Crippen molar-refractivity contribution >= 4 is 23.2 Å². The Morgan fingerprint density at radius 3 is 2.58 bits per heavy atom. The Morgan fingerprint density at radius 2 is 2.00 bits per heavy atom. The standard InChI is InChI=1S/C14H19ClN2O2/c1-3-14(18)17-8-6-16(7-9-17)12-5-4-11(15)10-13(12)19-2/h4-5,10H,3,6-9H2,1-2H3. The molecule has 0 saturated carbocycles. The number of amides is 1. The third-order valence-electron chi connectivity index (χ3n) is 3.42. The number of hydrogen-bond acceptors (Lipinski definition) is 3. The normalized spacial score (nSPS) is 15.5. The molecule has 2 rings (SSSR count). The molecule has 0 aliphatic carbocycles. The zero-order chi connectivity index (χ0) is 13.8. The molecule has 1 aromatic rings. The Hall–Kier alpha value is -1.42. The van der Waals surface area contributed by atoms with Crippen LogP contribution < -0.4 is 9.64 Å². The topological polar surface area (TPSA) is 32.8 Å². The van der Waals surface area contributed by atoms with Gasteiger partial charge < -0.3 is 14.5 Å². The number of ether oxygens (including phenoxy) is 1. The van der Waals surface area contributed by atoms with E-state index in [0.717, 1.165) is 37.6 Å². The first-order chi connectivity index (χ1) is 9.15. The van der Waals surface area contributed by atoms with Crippen molar-refractivity contribution in [3.8, 4) is 5.75 Å². The highest BCUT2D eigenvalue weighted by Crippen LogP contribution is 2.31. The summed E-state index contributed by atoms with van der Waals surface area (Å²) in [5.74, 6) is 1.01. The lowest BCUT2D eigenvalue weighted by atomic mass is 10.2. The van der Waals surface area contributed by atoms with Crippen molar-refractivity contribution < 1.29 is 9.53 Å². The van der Waals surface area contributed by atoms with Crippen molar-refractivity contribution in [3.05, 3.63) is 23.2 Å². The van der Waals surface area contributed by atoms with Crippen LogP contribution in [0.1, 0.15) is 13.3 Å². The smallest absolute Gasteiger partial charge is 0.222 e. The Bertz CT molecular complexity index is 457. The molecule has 1 amide bonds. The van der Waals surface area contributed by atoms with E-state index >= 15 is 0 Å². The van der Waals surface area contributed by atoms with E-state index < -0.39 is 0 Å². The predicted octanol–water partition coefficient (Wildman–Crippen LogP) is 2.41. The summed E-state index contributed by atoms with van der Waals surface area (Å²) in [6.45, 7) is 5.07. The molecule has 19 heavy (non-hydrogen) atoms. The second kappa shape index (κ2) is 6.15. The number of anilines is 1. The predicted molar refractivity (Wildman–Crippen MR) is 77.1 cm³/mol. The third kappa shape index (κ3) is 3.13. The van der Waals surface area contributed by atoms with Crippen molar-refractivity contribution in [2.75, 3.05) is 38.2 Å². The van der Waals surface area contributed by atoms with E-state index in [2.05, 4.69) is 4.90 Å². The molecule has 0 radical (unpaired) electrons. The zero-order valence-electron chi connectivity index (χ0n) is 11.4. The number of carbonyl (C=O) groups is 1. The SMILES string of the molecule is CCC(=O)N1CCN(c2ccc(Cl)cc2OC)CC1. The first kappa shape index (κ1) is 14.0. The van der Waals surface area contributed by atoms with E-state index in [1.54, 1.807) is 7.11 Å². The zero-order valence-corrected chi connectivity index (χ0v) is 12.1. The third-order valence-corrected chi connectivity index (χ3v) is 3.65. The Morgan fingerprint density at radius 1 is 1.32 bits per heavy atom. The summed E-state index contributed by atoms with van der Waals surface area (Å²) in [4.78, 5) is 15.8. The number of methoxy groups -OCH3 is 1. The molecular formula is C14H19ClN2O2. The summed E-state index contributed by atoms with van der Waals surface area (Å²) >= 11 is 5.97. The summed E-state index contributed by atoms with van der Waals surface area (Å²) < 4.78 is 5.37. The molecule has 1 aliphatic rings. The quantitative estimate of drug-likeness (QED) is 0.853. The van der Waals surface area contributed by atoms with Crippen molar-refractivity contribution in [1.29, 1.82) is 0 Å². The summed E-state index contributed by atoms with van der Waals surface area (Å²) in [6, 6.07) is 5.65. The number of halogens is 1.